The van der Waals surface area contributed by atoms with Gasteiger partial charge in [0.15, 0.2) is 0 Å². The van der Waals surface area contributed by atoms with Crippen LogP contribution in [0.2, 0.25) is 0 Å². The predicted octanol–water partition coefficient (Wildman–Crippen LogP) is 5.42. The molecule has 4 aromatic rings. The van der Waals surface area contributed by atoms with Crippen LogP contribution < -0.4 is 19.0 Å². The van der Waals surface area contributed by atoms with Crippen molar-refractivity contribution in [3.8, 4) is 28.5 Å². The van der Waals surface area contributed by atoms with Crippen molar-refractivity contribution in [1.82, 2.24) is 4.68 Å². The van der Waals surface area contributed by atoms with Crippen molar-refractivity contribution in [3.63, 3.8) is 0 Å². The van der Waals surface area contributed by atoms with E-state index >= 15 is 0 Å². The normalized spacial score (nSPS) is 11.8. The van der Waals surface area contributed by atoms with Gasteiger partial charge in [0.2, 0.25) is 4.80 Å². The van der Waals surface area contributed by atoms with Crippen LogP contribution in [0.3, 0.4) is 0 Å². The minimum Gasteiger partial charge on any atom is -0.497 e. The summed E-state index contributed by atoms with van der Waals surface area (Å²) in [5.74, 6) is 2.26. The Morgan fingerprint density at radius 1 is 0.871 bits per heavy atom. The van der Waals surface area contributed by atoms with Crippen molar-refractivity contribution >= 4 is 34.6 Å². The highest BCUT2D eigenvalue weighted by Gasteiger charge is 2.14. The lowest BCUT2D eigenvalue weighted by Gasteiger charge is -2.11. The predicted molar refractivity (Wildman–Crippen MR) is 126 cm³/mol. The number of ether oxygens (including phenoxy) is 3. The van der Waals surface area contributed by atoms with Crippen LogP contribution in [0.1, 0.15) is 4.88 Å². The fourth-order valence-electron chi connectivity index (χ4n) is 2.94. The van der Waals surface area contributed by atoms with E-state index in [0.29, 0.717) is 0 Å². The van der Waals surface area contributed by atoms with E-state index in [0.717, 1.165) is 43.9 Å². The molecule has 0 aliphatic carbocycles. The Hall–Kier alpha value is -3.36. The second-order valence-corrected chi connectivity index (χ2v) is 8.17. The van der Waals surface area contributed by atoms with Gasteiger partial charge in [0.1, 0.15) is 17.2 Å². The highest BCUT2D eigenvalue weighted by Crippen LogP contribution is 2.34. The molecule has 8 heteroatoms. The summed E-state index contributed by atoms with van der Waals surface area (Å²) in [6.45, 7) is 0. The van der Waals surface area contributed by atoms with Crippen LogP contribution in [0.15, 0.2) is 75.5 Å². The topological polar surface area (TPSA) is 57.3 Å². The molecule has 0 radical (unpaired) electrons. The largest absolute Gasteiger partial charge is 0.497 e. The van der Waals surface area contributed by atoms with E-state index in [4.69, 9.17) is 24.3 Å². The molecule has 31 heavy (non-hydrogen) atoms. The number of thiophene rings is 1. The summed E-state index contributed by atoms with van der Waals surface area (Å²) in [6, 6.07) is 17.3. The van der Waals surface area contributed by atoms with Gasteiger partial charge in [-0.2, -0.15) is 5.10 Å². The summed E-state index contributed by atoms with van der Waals surface area (Å²) in [5, 5.41) is 8.78. The number of benzene rings is 2. The SMILES string of the molecule is COc1ccc(N=c2scc(-c3cc(OC)ccc3OC)n2N=Cc2cccs2)cc1. The number of hydrogen-bond donors (Lipinski definition) is 0. The molecule has 0 aliphatic rings. The van der Waals surface area contributed by atoms with Crippen molar-refractivity contribution < 1.29 is 14.2 Å². The monoisotopic (exact) mass is 451 g/mol. The summed E-state index contributed by atoms with van der Waals surface area (Å²) >= 11 is 3.13. The van der Waals surface area contributed by atoms with Gasteiger partial charge < -0.3 is 14.2 Å². The maximum atomic E-state index is 5.60. The average molecular weight is 452 g/mol. The summed E-state index contributed by atoms with van der Waals surface area (Å²) < 4.78 is 18.1. The van der Waals surface area contributed by atoms with Crippen molar-refractivity contribution in [2.24, 2.45) is 10.1 Å². The number of hydrogen-bond acceptors (Lipinski definition) is 7. The van der Waals surface area contributed by atoms with Crippen LogP contribution in [0.5, 0.6) is 17.2 Å². The second kappa shape index (κ2) is 9.63. The molecule has 2 heterocycles. The molecule has 2 aromatic carbocycles. The van der Waals surface area contributed by atoms with Gasteiger partial charge in [-0.3, -0.25) is 0 Å². The quantitative estimate of drug-likeness (QED) is 0.353. The van der Waals surface area contributed by atoms with Gasteiger partial charge in [-0.05, 0) is 53.9 Å². The van der Waals surface area contributed by atoms with Gasteiger partial charge in [0, 0.05) is 15.8 Å². The Labute approximate surface area is 188 Å². The molecule has 158 valence electrons. The lowest BCUT2D eigenvalue weighted by molar-refractivity contribution is 0.404. The van der Waals surface area contributed by atoms with Gasteiger partial charge in [-0.25, -0.2) is 9.67 Å². The van der Waals surface area contributed by atoms with Gasteiger partial charge in [0.05, 0.1) is 38.9 Å². The summed E-state index contributed by atoms with van der Waals surface area (Å²) in [7, 11) is 4.94. The lowest BCUT2D eigenvalue weighted by Crippen LogP contribution is -2.11. The number of thiazole rings is 1. The van der Waals surface area contributed by atoms with Gasteiger partial charge in [0.25, 0.3) is 0 Å². The molecule has 6 nitrogen and oxygen atoms in total. The minimum absolute atomic E-state index is 0.731. The Bertz CT molecular complexity index is 1240. The maximum absolute atomic E-state index is 5.60. The van der Waals surface area contributed by atoms with E-state index in [2.05, 4.69) is 0 Å². The standard InChI is InChI=1S/C23H21N3O3S2/c1-27-17-8-6-16(7-9-17)25-23-26(24-14-19-5-4-12-30-19)21(15-31-23)20-13-18(28-2)10-11-22(20)29-3/h4-15H,1-3H3. The van der Waals surface area contributed by atoms with Crippen LogP contribution >= 0.6 is 22.7 Å². The van der Waals surface area contributed by atoms with Crippen molar-refractivity contribution in [2.45, 2.75) is 0 Å². The van der Waals surface area contributed by atoms with Crippen LogP contribution in [-0.2, 0) is 0 Å². The van der Waals surface area contributed by atoms with Crippen molar-refractivity contribution in [3.05, 3.63) is 75.0 Å². The molecule has 0 spiro atoms. The molecule has 0 aliphatic heterocycles. The third-order valence-corrected chi connectivity index (χ3v) is 6.13. The van der Waals surface area contributed by atoms with E-state index in [1.165, 1.54) is 11.3 Å². The smallest absolute Gasteiger partial charge is 0.211 e. The van der Waals surface area contributed by atoms with Crippen LogP contribution in [-0.4, -0.2) is 32.2 Å². The zero-order valence-corrected chi connectivity index (χ0v) is 18.9. The van der Waals surface area contributed by atoms with E-state index in [-0.39, 0.29) is 0 Å². The Morgan fingerprint density at radius 3 is 2.32 bits per heavy atom. The number of nitrogens with zero attached hydrogens (tertiary/aromatic N) is 3. The van der Waals surface area contributed by atoms with Crippen LogP contribution in [0.25, 0.3) is 11.3 Å². The molecule has 0 unspecified atom stereocenters. The first-order valence-corrected chi connectivity index (χ1v) is 11.2. The third-order valence-electron chi connectivity index (χ3n) is 4.51. The molecule has 0 saturated carbocycles. The van der Waals surface area contributed by atoms with E-state index < -0.39 is 0 Å². The van der Waals surface area contributed by atoms with E-state index in [1.54, 1.807) is 32.7 Å². The lowest BCUT2D eigenvalue weighted by atomic mass is 10.1. The molecule has 0 atom stereocenters. The summed E-state index contributed by atoms with van der Waals surface area (Å²) in [5.41, 5.74) is 2.55. The highest BCUT2D eigenvalue weighted by atomic mass is 32.1. The fourth-order valence-corrected chi connectivity index (χ4v) is 4.36. The summed E-state index contributed by atoms with van der Waals surface area (Å²) in [4.78, 5) is 6.59. The molecular weight excluding hydrogens is 430 g/mol. The molecule has 0 bridgehead atoms. The number of rotatable bonds is 7. The third kappa shape index (κ3) is 4.70. The average Bonchev–Trinajstić information content (AvgIpc) is 3.47. The fraction of sp³-hybridized carbons (Fsp3) is 0.130. The molecule has 2 aromatic heterocycles. The zero-order valence-electron chi connectivity index (χ0n) is 17.3. The van der Waals surface area contributed by atoms with Crippen LogP contribution in [0.4, 0.5) is 5.69 Å². The minimum atomic E-state index is 0.731. The molecule has 0 fully saturated rings. The Morgan fingerprint density at radius 2 is 1.65 bits per heavy atom. The van der Waals surface area contributed by atoms with E-state index in [9.17, 15) is 0 Å². The first kappa shape index (κ1) is 20.9. The highest BCUT2D eigenvalue weighted by molar-refractivity contribution is 7.11. The molecular formula is C23H21N3O3S2. The first-order chi connectivity index (χ1) is 15.2. The van der Waals surface area contributed by atoms with Gasteiger partial charge in [-0.1, -0.05) is 6.07 Å². The second-order valence-electron chi connectivity index (χ2n) is 6.35. The number of aromatic nitrogens is 1. The van der Waals surface area contributed by atoms with Crippen LogP contribution in [0, 0.1) is 0 Å². The Balaban J connectivity index is 1.87. The van der Waals surface area contributed by atoms with E-state index in [1.807, 2.05) is 76.2 Å². The van der Waals surface area contributed by atoms with Crippen molar-refractivity contribution in [1.29, 1.82) is 0 Å². The molecule has 4 rings (SSSR count). The number of methoxy groups -OCH3 is 3. The Kier molecular flexibility index (Phi) is 6.49. The van der Waals surface area contributed by atoms with Crippen molar-refractivity contribution in [2.75, 3.05) is 21.3 Å². The first-order valence-electron chi connectivity index (χ1n) is 9.41. The summed E-state index contributed by atoms with van der Waals surface area (Å²) in [6.07, 6.45) is 1.83. The molecule has 0 saturated heterocycles. The molecule has 0 amide bonds. The van der Waals surface area contributed by atoms with Gasteiger partial charge >= 0.3 is 0 Å². The molecule has 0 N–H and O–H groups in total. The van der Waals surface area contributed by atoms with Gasteiger partial charge in [-0.15, -0.1) is 22.7 Å². The zero-order chi connectivity index (χ0) is 21.6. The maximum Gasteiger partial charge on any atom is 0.211 e.